The molecule has 0 spiro atoms. The number of piperazine rings is 1. The Kier molecular flexibility index (Phi) is 6.02. The molecular formula is C23H21N3O5S. The summed E-state index contributed by atoms with van der Waals surface area (Å²) in [4.78, 5) is 24.5. The number of hydrogen-bond acceptors (Lipinski definition) is 5. The van der Waals surface area contributed by atoms with Gasteiger partial charge in [0.2, 0.25) is 15.9 Å². The molecule has 0 aromatic heterocycles. The molecule has 32 heavy (non-hydrogen) atoms. The number of benzene rings is 3. The number of amides is 1. The van der Waals surface area contributed by atoms with Crippen LogP contribution in [0.2, 0.25) is 0 Å². The first-order chi connectivity index (χ1) is 15.3. The molecule has 3 aromatic carbocycles. The summed E-state index contributed by atoms with van der Waals surface area (Å²) in [6.07, 6.45) is 2.99. The average molecular weight is 452 g/mol. The Labute approximate surface area is 185 Å². The van der Waals surface area contributed by atoms with Crippen molar-refractivity contribution in [3.05, 3.63) is 88.5 Å². The number of hydrogen-bond donors (Lipinski definition) is 0. The molecule has 8 nitrogen and oxygen atoms in total. The van der Waals surface area contributed by atoms with Crippen LogP contribution in [0.3, 0.4) is 0 Å². The van der Waals surface area contributed by atoms with E-state index in [1.165, 1.54) is 22.5 Å². The number of nitrogens with zero attached hydrogens (tertiary/aromatic N) is 3. The molecule has 0 saturated carbocycles. The zero-order valence-corrected chi connectivity index (χ0v) is 17.9. The van der Waals surface area contributed by atoms with E-state index >= 15 is 0 Å². The predicted molar refractivity (Wildman–Crippen MR) is 121 cm³/mol. The van der Waals surface area contributed by atoms with Crippen LogP contribution in [0, 0.1) is 10.1 Å². The highest BCUT2D eigenvalue weighted by Gasteiger charge is 2.29. The molecule has 0 bridgehead atoms. The van der Waals surface area contributed by atoms with Gasteiger partial charge in [0.1, 0.15) is 0 Å². The maximum Gasteiger partial charge on any atom is 0.269 e. The molecule has 1 fully saturated rings. The smallest absolute Gasteiger partial charge is 0.269 e. The number of nitro groups is 1. The molecule has 164 valence electrons. The van der Waals surface area contributed by atoms with Gasteiger partial charge in [0, 0.05) is 44.4 Å². The van der Waals surface area contributed by atoms with Crippen molar-refractivity contribution < 1.29 is 18.1 Å². The Morgan fingerprint density at radius 2 is 1.56 bits per heavy atom. The molecule has 1 aliphatic heterocycles. The van der Waals surface area contributed by atoms with E-state index in [4.69, 9.17) is 0 Å². The fourth-order valence-electron chi connectivity index (χ4n) is 3.61. The Hall–Kier alpha value is -3.56. The number of nitro benzene ring substituents is 1. The molecule has 1 amide bonds. The molecule has 4 rings (SSSR count). The van der Waals surface area contributed by atoms with Crippen LogP contribution in [0.25, 0.3) is 16.8 Å². The standard InChI is InChI=1S/C23H21N3O5S/c27-23(12-7-18-5-9-21(10-6-18)26(28)29)24-13-15-25(16-14-24)32(30,31)22-11-8-19-3-1-2-4-20(19)17-22/h1-12,17H,13-16H2. The third kappa shape index (κ3) is 4.53. The molecule has 1 saturated heterocycles. The predicted octanol–water partition coefficient (Wildman–Crippen LogP) is 3.29. The Bertz CT molecular complexity index is 1290. The van der Waals surface area contributed by atoms with Gasteiger partial charge in [0.25, 0.3) is 5.69 Å². The first-order valence-electron chi connectivity index (χ1n) is 10.0. The zero-order chi connectivity index (χ0) is 22.7. The number of non-ortho nitro benzene ring substituents is 1. The SMILES string of the molecule is O=C(C=Cc1ccc([N+](=O)[O-])cc1)N1CCN(S(=O)(=O)c2ccc3ccccc3c2)CC1. The second-order valence-electron chi connectivity index (χ2n) is 7.42. The van der Waals surface area contributed by atoms with Crippen molar-refractivity contribution in [2.24, 2.45) is 0 Å². The molecular weight excluding hydrogens is 430 g/mol. The Morgan fingerprint density at radius 1 is 0.906 bits per heavy atom. The van der Waals surface area contributed by atoms with Crippen molar-refractivity contribution in [3.8, 4) is 0 Å². The highest BCUT2D eigenvalue weighted by molar-refractivity contribution is 7.89. The lowest BCUT2D eigenvalue weighted by atomic mass is 10.1. The van der Waals surface area contributed by atoms with Crippen molar-refractivity contribution in [3.63, 3.8) is 0 Å². The fraction of sp³-hybridized carbons (Fsp3) is 0.174. The lowest BCUT2D eigenvalue weighted by Gasteiger charge is -2.33. The summed E-state index contributed by atoms with van der Waals surface area (Å²) in [7, 11) is -3.65. The minimum atomic E-state index is -3.65. The van der Waals surface area contributed by atoms with Crippen LogP contribution < -0.4 is 0 Å². The summed E-state index contributed by atoms with van der Waals surface area (Å²) in [5.41, 5.74) is 0.652. The topological polar surface area (TPSA) is 101 Å². The molecule has 0 atom stereocenters. The van der Waals surface area contributed by atoms with Crippen LogP contribution in [0.4, 0.5) is 5.69 Å². The van der Waals surface area contributed by atoms with E-state index in [9.17, 15) is 23.3 Å². The highest BCUT2D eigenvalue weighted by atomic mass is 32.2. The second-order valence-corrected chi connectivity index (χ2v) is 9.36. The van der Waals surface area contributed by atoms with Gasteiger partial charge in [0.15, 0.2) is 0 Å². The van der Waals surface area contributed by atoms with Crippen LogP contribution >= 0.6 is 0 Å². The van der Waals surface area contributed by atoms with E-state index in [0.29, 0.717) is 5.56 Å². The third-order valence-electron chi connectivity index (χ3n) is 5.43. The minimum absolute atomic E-state index is 0.0165. The van der Waals surface area contributed by atoms with E-state index < -0.39 is 14.9 Å². The third-order valence-corrected chi connectivity index (χ3v) is 7.33. The molecule has 0 aliphatic carbocycles. The first-order valence-corrected chi connectivity index (χ1v) is 11.5. The van der Waals surface area contributed by atoms with Crippen LogP contribution in [-0.4, -0.2) is 54.6 Å². The van der Waals surface area contributed by atoms with Gasteiger partial charge in [-0.25, -0.2) is 8.42 Å². The van der Waals surface area contributed by atoms with E-state index in [1.54, 1.807) is 41.3 Å². The van der Waals surface area contributed by atoms with Gasteiger partial charge in [0.05, 0.1) is 9.82 Å². The summed E-state index contributed by atoms with van der Waals surface area (Å²) >= 11 is 0. The van der Waals surface area contributed by atoms with Gasteiger partial charge in [-0.15, -0.1) is 0 Å². The van der Waals surface area contributed by atoms with Gasteiger partial charge >= 0.3 is 0 Å². The average Bonchev–Trinajstić information content (AvgIpc) is 2.82. The lowest BCUT2D eigenvalue weighted by molar-refractivity contribution is -0.384. The summed E-state index contributed by atoms with van der Waals surface area (Å²) in [5, 5.41) is 12.5. The summed E-state index contributed by atoms with van der Waals surface area (Å²) in [5.74, 6) is -0.230. The lowest BCUT2D eigenvalue weighted by Crippen LogP contribution is -2.50. The maximum atomic E-state index is 13.1. The van der Waals surface area contributed by atoms with Crippen molar-refractivity contribution in [2.45, 2.75) is 4.90 Å². The maximum absolute atomic E-state index is 13.1. The van der Waals surface area contributed by atoms with Gasteiger partial charge < -0.3 is 4.90 Å². The van der Waals surface area contributed by atoms with Gasteiger partial charge in [-0.3, -0.25) is 14.9 Å². The van der Waals surface area contributed by atoms with Crippen molar-refractivity contribution in [1.29, 1.82) is 0 Å². The van der Waals surface area contributed by atoms with Gasteiger partial charge in [-0.2, -0.15) is 4.31 Å². The number of carbonyl (C=O) groups is 1. The van der Waals surface area contributed by atoms with Crippen molar-refractivity contribution in [2.75, 3.05) is 26.2 Å². The van der Waals surface area contributed by atoms with Crippen LogP contribution in [0.15, 0.2) is 77.7 Å². The normalized spacial score (nSPS) is 15.3. The second kappa shape index (κ2) is 8.89. The molecule has 0 radical (unpaired) electrons. The van der Waals surface area contributed by atoms with Crippen LogP contribution in [0.5, 0.6) is 0 Å². The van der Waals surface area contributed by atoms with E-state index in [2.05, 4.69) is 0 Å². The number of rotatable bonds is 5. The van der Waals surface area contributed by atoms with E-state index in [0.717, 1.165) is 10.8 Å². The van der Waals surface area contributed by atoms with Crippen molar-refractivity contribution >= 4 is 38.5 Å². The number of carbonyl (C=O) groups excluding carboxylic acids is 1. The minimum Gasteiger partial charge on any atom is -0.337 e. The molecule has 0 N–H and O–H groups in total. The van der Waals surface area contributed by atoms with Gasteiger partial charge in [-0.05, 0) is 46.7 Å². The number of fused-ring (bicyclic) bond motifs is 1. The fourth-order valence-corrected chi connectivity index (χ4v) is 5.06. The summed E-state index contributed by atoms with van der Waals surface area (Å²) in [6, 6.07) is 18.5. The Morgan fingerprint density at radius 3 is 2.22 bits per heavy atom. The molecule has 3 aromatic rings. The first kappa shape index (κ1) is 21.7. The zero-order valence-electron chi connectivity index (χ0n) is 17.1. The summed E-state index contributed by atoms with van der Waals surface area (Å²) < 4.78 is 27.5. The summed E-state index contributed by atoms with van der Waals surface area (Å²) in [6.45, 7) is 1.00. The molecule has 1 aliphatic rings. The number of sulfonamides is 1. The largest absolute Gasteiger partial charge is 0.337 e. The molecule has 9 heteroatoms. The highest BCUT2D eigenvalue weighted by Crippen LogP contribution is 2.23. The van der Waals surface area contributed by atoms with Crippen molar-refractivity contribution in [1.82, 2.24) is 9.21 Å². The van der Waals surface area contributed by atoms with E-state index in [1.807, 2.05) is 24.3 Å². The quantitative estimate of drug-likeness (QED) is 0.337. The molecule has 0 unspecified atom stereocenters. The van der Waals surface area contributed by atoms with Crippen LogP contribution in [0.1, 0.15) is 5.56 Å². The van der Waals surface area contributed by atoms with E-state index in [-0.39, 0.29) is 42.7 Å². The van der Waals surface area contributed by atoms with Crippen LogP contribution in [-0.2, 0) is 14.8 Å². The monoisotopic (exact) mass is 451 g/mol. The molecule has 1 heterocycles. The Balaban J connectivity index is 1.39. The van der Waals surface area contributed by atoms with Gasteiger partial charge in [-0.1, -0.05) is 30.3 Å².